The smallest absolute Gasteiger partial charge is 0.0991 e. The fourth-order valence-electron chi connectivity index (χ4n) is 7.30. The van der Waals surface area contributed by atoms with Crippen LogP contribution in [0, 0.1) is 22.7 Å². The van der Waals surface area contributed by atoms with Crippen LogP contribution in [0.25, 0.3) is 61.2 Å². The minimum atomic E-state index is 0.603. The molecule has 8 aromatic carbocycles. The van der Waals surface area contributed by atoms with E-state index in [0.717, 1.165) is 44.6 Å². The van der Waals surface area contributed by atoms with E-state index in [1.165, 1.54) is 32.6 Å². The van der Waals surface area contributed by atoms with Crippen LogP contribution in [0.15, 0.2) is 158 Å². The van der Waals surface area contributed by atoms with Gasteiger partial charge in [-0.1, -0.05) is 84.9 Å². The number of rotatable bonds is 6. The van der Waals surface area contributed by atoms with Crippen LogP contribution in [-0.2, 0) is 0 Å². The first-order valence-electron chi connectivity index (χ1n) is 16.6. The quantitative estimate of drug-likeness (QED) is 0.135. The van der Waals surface area contributed by atoms with E-state index in [-0.39, 0.29) is 0 Å². The van der Waals surface area contributed by atoms with Crippen LogP contribution in [0.2, 0.25) is 0 Å². The maximum atomic E-state index is 9.44. The summed E-state index contributed by atoms with van der Waals surface area (Å²) in [7, 11) is 0. The molecule has 1 heterocycles. The van der Waals surface area contributed by atoms with Crippen LogP contribution in [0.3, 0.4) is 0 Å². The lowest BCUT2D eigenvalue weighted by Gasteiger charge is -2.27. The van der Waals surface area contributed by atoms with Gasteiger partial charge in [0.05, 0.1) is 40.0 Å². The van der Waals surface area contributed by atoms with Crippen molar-refractivity contribution in [3.05, 3.63) is 180 Å². The normalized spacial score (nSPS) is 11.5. The monoisotopic (exact) mass is 636 g/mol. The van der Waals surface area contributed by atoms with Crippen LogP contribution in [0.5, 0.6) is 0 Å². The molecular weight excluding hydrogens is 609 g/mol. The Balaban J connectivity index is 1.18. The molecule has 0 aliphatic rings. The molecule has 9 rings (SSSR count). The molecule has 50 heavy (non-hydrogen) atoms. The van der Waals surface area contributed by atoms with E-state index >= 15 is 0 Å². The number of hydrogen-bond donors (Lipinski definition) is 0. The highest BCUT2D eigenvalue weighted by molar-refractivity contribution is 6.24. The largest absolute Gasteiger partial charge is 0.310 e. The van der Waals surface area contributed by atoms with Crippen molar-refractivity contribution in [1.82, 2.24) is 4.57 Å². The van der Waals surface area contributed by atoms with E-state index in [9.17, 15) is 10.5 Å². The number of aromatic nitrogens is 1. The van der Waals surface area contributed by atoms with E-state index in [1.807, 2.05) is 48.5 Å². The number of benzene rings is 8. The lowest BCUT2D eigenvalue weighted by Crippen LogP contribution is -2.10. The Kier molecular flexibility index (Phi) is 6.87. The van der Waals surface area contributed by atoms with E-state index in [1.54, 1.807) is 0 Å². The third-order valence-electron chi connectivity index (χ3n) is 9.57. The molecule has 0 radical (unpaired) electrons. The van der Waals surface area contributed by atoms with Crippen molar-refractivity contribution in [2.24, 2.45) is 0 Å². The van der Waals surface area contributed by atoms with Gasteiger partial charge in [0.1, 0.15) is 0 Å². The summed E-state index contributed by atoms with van der Waals surface area (Å²) in [4.78, 5) is 2.18. The molecule has 0 aliphatic heterocycles. The number of nitriles is 2. The van der Waals surface area contributed by atoms with Gasteiger partial charge < -0.3 is 9.47 Å². The summed E-state index contributed by atoms with van der Waals surface area (Å²) in [6.07, 6.45) is 4.42. The first kappa shape index (κ1) is 29.0. The van der Waals surface area contributed by atoms with Crippen LogP contribution < -0.4 is 4.90 Å². The molecule has 0 amide bonds. The molecular formula is C46H28N4. The maximum Gasteiger partial charge on any atom is 0.0991 e. The van der Waals surface area contributed by atoms with Gasteiger partial charge in [0, 0.05) is 33.2 Å². The van der Waals surface area contributed by atoms with Gasteiger partial charge in [0.15, 0.2) is 0 Å². The van der Waals surface area contributed by atoms with Gasteiger partial charge in [-0.25, -0.2) is 0 Å². The Labute approximate surface area is 289 Å². The average molecular weight is 637 g/mol. The van der Waals surface area contributed by atoms with Crippen molar-refractivity contribution >= 4 is 72.6 Å². The number of fused-ring (bicyclic) bond motifs is 1. The molecule has 0 saturated carbocycles. The molecule has 0 bridgehead atoms. The summed E-state index contributed by atoms with van der Waals surface area (Å²) in [5.74, 6) is 0. The summed E-state index contributed by atoms with van der Waals surface area (Å²) in [6, 6.07) is 58.7. The number of anilines is 3. The van der Waals surface area contributed by atoms with E-state index in [4.69, 9.17) is 0 Å². The molecule has 0 N–H and O–H groups in total. The zero-order chi connectivity index (χ0) is 33.6. The molecule has 0 spiro atoms. The molecule has 0 saturated heterocycles. The predicted molar refractivity (Wildman–Crippen MR) is 206 cm³/mol. The molecule has 4 nitrogen and oxygen atoms in total. The van der Waals surface area contributed by atoms with Gasteiger partial charge in [-0.15, -0.1) is 0 Å². The fraction of sp³-hybridized carbons (Fsp3) is 0. The van der Waals surface area contributed by atoms with Crippen molar-refractivity contribution in [3.63, 3.8) is 0 Å². The van der Waals surface area contributed by atoms with Crippen LogP contribution in [-0.4, -0.2) is 4.57 Å². The number of nitrogens with zero attached hydrogens (tertiary/aromatic N) is 4. The minimum Gasteiger partial charge on any atom is -0.310 e. The summed E-state index contributed by atoms with van der Waals surface area (Å²) in [5, 5.41) is 26.2. The first-order chi connectivity index (χ1) is 24.7. The third-order valence-corrected chi connectivity index (χ3v) is 9.57. The highest BCUT2D eigenvalue weighted by atomic mass is 15.1. The number of hydrogen-bond acceptors (Lipinski definition) is 3. The van der Waals surface area contributed by atoms with Gasteiger partial charge in [0.25, 0.3) is 0 Å². The second kappa shape index (κ2) is 11.8. The predicted octanol–water partition coefficient (Wildman–Crippen LogP) is 11.9. The van der Waals surface area contributed by atoms with Crippen LogP contribution in [0.1, 0.15) is 22.3 Å². The highest BCUT2D eigenvalue weighted by Gasteiger charge is 2.18. The molecule has 0 unspecified atom stereocenters. The summed E-state index contributed by atoms with van der Waals surface area (Å²) in [6.45, 7) is 0. The molecule has 4 heteroatoms. The summed E-state index contributed by atoms with van der Waals surface area (Å²) in [5.41, 5.74) is 9.86. The summed E-state index contributed by atoms with van der Waals surface area (Å²) >= 11 is 0. The molecule has 232 valence electrons. The molecule has 9 aromatic rings. The van der Waals surface area contributed by atoms with E-state index < -0.39 is 0 Å². The Morgan fingerprint density at radius 2 is 1.14 bits per heavy atom. The Morgan fingerprint density at radius 3 is 1.84 bits per heavy atom. The van der Waals surface area contributed by atoms with E-state index in [0.29, 0.717) is 11.1 Å². The second-order valence-electron chi connectivity index (χ2n) is 12.5. The van der Waals surface area contributed by atoms with E-state index in [2.05, 4.69) is 143 Å². The zero-order valence-corrected chi connectivity index (χ0v) is 27.0. The van der Waals surface area contributed by atoms with Crippen molar-refractivity contribution < 1.29 is 0 Å². The SMILES string of the molecule is N#Cc1ccc(N(c2ccc(C#N)cc2)c2ccc(/C=C/c3cc4ccc5cccc6c5c4c(c3)n6-c3ccccc3)c3ccccc23)cc1. The van der Waals surface area contributed by atoms with Crippen LogP contribution in [0.4, 0.5) is 17.1 Å². The molecule has 0 fully saturated rings. The van der Waals surface area contributed by atoms with Crippen molar-refractivity contribution in [1.29, 1.82) is 10.5 Å². The van der Waals surface area contributed by atoms with Crippen molar-refractivity contribution in [3.8, 4) is 17.8 Å². The Bertz CT molecular complexity index is 2750. The maximum absolute atomic E-state index is 9.44. The first-order valence-corrected chi connectivity index (χ1v) is 16.6. The highest BCUT2D eigenvalue weighted by Crippen LogP contribution is 2.42. The van der Waals surface area contributed by atoms with Crippen LogP contribution >= 0.6 is 0 Å². The van der Waals surface area contributed by atoms with Gasteiger partial charge in [-0.3, -0.25) is 0 Å². The minimum absolute atomic E-state index is 0.603. The fourth-order valence-corrected chi connectivity index (χ4v) is 7.30. The Hall–Kier alpha value is -7.14. The topological polar surface area (TPSA) is 55.8 Å². The Morgan fingerprint density at radius 1 is 0.500 bits per heavy atom. The standard InChI is InChI=1S/C46H28N4/c47-29-31-14-22-38(23-15-31)49(39-24-16-32(30-48)17-25-39)42-26-21-34(40-10-4-5-11-41(40)42)18-13-33-27-36-20-19-35-7-6-12-43-45(35)46(36)44(28-33)50(43)37-8-2-1-3-9-37/h1-28H/b18-13+. The third kappa shape index (κ3) is 4.75. The molecule has 1 aromatic heterocycles. The second-order valence-corrected chi connectivity index (χ2v) is 12.5. The zero-order valence-electron chi connectivity index (χ0n) is 27.0. The van der Waals surface area contributed by atoms with Gasteiger partial charge in [0.2, 0.25) is 0 Å². The van der Waals surface area contributed by atoms with Gasteiger partial charge >= 0.3 is 0 Å². The number of para-hydroxylation sites is 1. The molecule has 0 aliphatic carbocycles. The lowest BCUT2D eigenvalue weighted by atomic mass is 9.98. The summed E-state index contributed by atoms with van der Waals surface area (Å²) < 4.78 is 2.38. The van der Waals surface area contributed by atoms with Crippen molar-refractivity contribution in [2.75, 3.05) is 4.90 Å². The van der Waals surface area contributed by atoms with Gasteiger partial charge in [-0.2, -0.15) is 10.5 Å². The lowest BCUT2D eigenvalue weighted by molar-refractivity contribution is 1.18. The van der Waals surface area contributed by atoms with Gasteiger partial charge in [-0.05, 0) is 112 Å². The molecule has 0 atom stereocenters. The van der Waals surface area contributed by atoms with Crippen molar-refractivity contribution in [2.45, 2.75) is 0 Å². The average Bonchev–Trinajstić information content (AvgIpc) is 3.52.